The molecule has 1 amide bonds. The van der Waals surface area contributed by atoms with E-state index >= 15 is 0 Å². The van der Waals surface area contributed by atoms with Gasteiger partial charge < -0.3 is 4.74 Å². The average Bonchev–Trinajstić information content (AvgIpc) is 2.81. The highest BCUT2D eigenvalue weighted by atomic mass is 32.2. The first-order chi connectivity index (χ1) is 16.4. The van der Waals surface area contributed by atoms with E-state index in [1.54, 1.807) is 23.9 Å². The number of hydroxylamine groups is 1. The Kier molecular flexibility index (Phi) is 11.1. The zero-order chi connectivity index (χ0) is 26.1. The lowest BCUT2D eigenvalue weighted by atomic mass is 10.1. The van der Waals surface area contributed by atoms with Gasteiger partial charge in [0.2, 0.25) is 10.0 Å². The van der Waals surface area contributed by atoms with E-state index in [-0.39, 0.29) is 17.4 Å². The number of nitrogens with zero attached hydrogens (tertiary/aromatic N) is 1. The fourth-order valence-corrected chi connectivity index (χ4v) is 6.02. The lowest BCUT2D eigenvalue weighted by Crippen LogP contribution is -2.52. The van der Waals surface area contributed by atoms with Gasteiger partial charge in [-0.15, -0.1) is 0 Å². The molecule has 0 aliphatic heterocycles. The van der Waals surface area contributed by atoms with Crippen molar-refractivity contribution in [1.29, 1.82) is 0 Å². The molecule has 0 radical (unpaired) electrons. The van der Waals surface area contributed by atoms with E-state index in [0.29, 0.717) is 17.9 Å². The highest BCUT2D eigenvalue weighted by Crippen LogP contribution is 2.25. The molecule has 0 aliphatic rings. The van der Waals surface area contributed by atoms with Crippen molar-refractivity contribution in [2.45, 2.75) is 63.3 Å². The number of amides is 1. The lowest BCUT2D eigenvalue weighted by Gasteiger charge is -2.32. The number of sulfonamides is 1. The Morgan fingerprint density at radius 3 is 2.23 bits per heavy atom. The van der Waals surface area contributed by atoms with Gasteiger partial charge in [0.1, 0.15) is 11.8 Å². The zero-order valence-electron chi connectivity index (χ0n) is 21.5. The monoisotopic (exact) mass is 522 g/mol. The van der Waals surface area contributed by atoms with Crippen LogP contribution in [0.15, 0.2) is 59.5 Å². The molecule has 0 heterocycles. The van der Waals surface area contributed by atoms with Gasteiger partial charge in [0, 0.05) is 12.3 Å². The Balaban J connectivity index is 2.30. The molecule has 0 fully saturated rings. The molecule has 1 atom stereocenters. The molecule has 2 aromatic rings. The maximum atomic E-state index is 13.7. The van der Waals surface area contributed by atoms with Gasteiger partial charge in [0.15, 0.2) is 0 Å². The van der Waals surface area contributed by atoms with E-state index in [1.807, 2.05) is 65.0 Å². The molecule has 0 bridgehead atoms. The summed E-state index contributed by atoms with van der Waals surface area (Å²) in [6.45, 7) is 9.52. The Labute approximate surface area is 214 Å². The number of rotatable bonds is 13. The molecule has 0 aromatic heterocycles. The van der Waals surface area contributed by atoms with Crippen LogP contribution in [0.5, 0.6) is 5.75 Å². The molecule has 0 unspecified atom stereocenters. The van der Waals surface area contributed by atoms with E-state index in [1.165, 1.54) is 29.1 Å². The quantitative estimate of drug-likeness (QED) is 0.298. The van der Waals surface area contributed by atoms with Crippen molar-refractivity contribution in [3.8, 4) is 5.75 Å². The maximum absolute atomic E-state index is 13.7. The largest absolute Gasteiger partial charge is 0.497 e. The van der Waals surface area contributed by atoms with Gasteiger partial charge in [-0.2, -0.15) is 16.1 Å². The van der Waals surface area contributed by atoms with Crippen LogP contribution in [0, 0.1) is 5.92 Å². The van der Waals surface area contributed by atoms with E-state index < -0.39 is 27.6 Å². The SMILES string of the molecule is COc1ccc(S(=O)(=O)N(CC(C)C)[C@@H](CCSCc2ccccc2)C(=O)NOC(C)(C)C)cc1. The summed E-state index contributed by atoms with van der Waals surface area (Å²) in [6.07, 6.45) is 0.346. The van der Waals surface area contributed by atoms with E-state index in [9.17, 15) is 13.2 Å². The first-order valence-corrected chi connectivity index (χ1v) is 14.3. The van der Waals surface area contributed by atoms with Crippen molar-refractivity contribution in [1.82, 2.24) is 9.79 Å². The molecular formula is C26H38N2O5S2. The summed E-state index contributed by atoms with van der Waals surface area (Å²) in [5.41, 5.74) is 3.07. The minimum atomic E-state index is -3.96. The van der Waals surface area contributed by atoms with E-state index in [0.717, 1.165) is 5.75 Å². The Morgan fingerprint density at radius 2 is 1.69 bits per heavy atom. The van der Waals surface area contributed by atoms with Crippen molar-refractivity contribution < 1.29 is 22.8 Å². The van der Waals surface area contributed by atoms with Crippen LogP contribution in [0.2, 0.25) is 0 Å². The van der Waals surface area contributed by atoms with Crippen molar-refractivity contribution in [2.24, 2.45) is 5.92 Å². The number of hydrogen-bond acceptors (Lipinski definition) is 6. The number of benzene rings is 2. The van der Waals surface area contributed by atoms with Crippen molar-refractivity contribution >= 4 is 27.7 Å². The van der Waals surface area contributed by atoms with Crippen LogP contribution < -0.4 is 10.2 Å². The second-order valence-electron chi connectivity index (χ2n) is 9.67. The summed E-state index contributed by atoms with van der Waals surface area (Å²) in [5, 5.41) is 0. The standard InChI is InChI=1S/C26H38N2O5S2/c1-20(2)18-28(35(30,31)23-14-12-22(32-6)13-15-23)24(25(29)27-33-26(3,4)5)16-17-34-19-21-10-8-7-9-11-21/h7-15,20,24H,16-19H2,1-6H3,(H,27,29)/t24-/m0/s1. The van der Waals surface area contributed by atoms with Gasteiger partial charge in [0.05, 0.1) is 17.6 Å². The summed E-state index contributed by atoms with van der Waals surface area (Å²) in [7, 11) is -2.43. The summed E-state index contributed by atoms with van der Waals surface area (Å²) < 4.78 is 33.9. The number of thioether (sulfide) groups is 1. The molecular weight excluding hydrogens is 484 g/mol. The van der Waals surface area contributed by atoms with Crippen LogP contribution in [0.4, 0.5) is 0 Å². The molecule has 1 N–H and O–H groups in total. The van der Waals surface area contributed by atoms with Crippen LogP contribution in [0.1, 0.15) is 46.6 Å². The Hall–Kier alpha value is -2.07. The van der Waals surface area contributed by atoms with Crippen LogP contribution in [0.3, 0.4) is 0 Å². The fraction of sp³-hybridized carbons (Fsp3) is 0.500. The fourth-order valence-electron chi connectivity index (χ4n) is 3.27. The summed E-state index contributed by atoms with van der Waals surface area (Å²) in [6, 6.07) is 15.3. The summed E-state index contributed by atoms with van der Waals surface area (Å²) in [5.74, 6) is 1.49. The number of carbonyl (C=O) groups is 1. The molecule has 0 saturated heterocycles. The lowest BCUT2D eigenvalue weighted by molar-refractivity contribution is -0.149. The number of nitrogens with one attached hydrogen (secondary N) is 1. The van der Waals surface area contributed by atoms with Crippen LogP contribution in [0.25, 0.3) is 0 Å². The molecule has 2 rings (SSSR count). The molecule has 7 nitrogen and oxygen atoms in total. The summed E-state index contributed by atoms with van der Waals surface area (Å²) >= 11 is 1.66. The topological polar surface area (TPSA) is 84.9 Å². The minimum absolute atomic E-state index is 0.0128. The number of methoxy groups -OCH3 is 1. The maximum Gasteiger partial charge on any atom is 0.262 e. The second kappa shape index (κ2) is 13.3. The Bertz CT molecular complexity index is 1020. The van der Waals surface area contributed by atoms with Crippen molar-refractivity contribution in [2.75, 3.05) is 19.4 Å². The van der Waals surface area contributed by atoms with Crippen molar-refractivity contribution in [3.05, 3.63) is 60.2 Å². The summed E-state index contributed by atoms with van der Waals surface area (Å²) in [4.78, 5) is 18.9. The molecule has 35 heavy (non-hydrogen) atoms. The van der Waals surface area contributed by atoms with Gasteiger partial charge in [-0.25, -0.2) is 13.9 Å². The number of carbonyl (C=O) groups excluding carboxylic acids is 1. The second-order valence-corrected chi connectivity index (χ2v) is 12.7. The first kappa shape index (κ1) is 29.2. The van der Waals surface area contributed by atoms with Crippen molar-refractivity contribution in [3.63, 3.8) is 0 Å². The molecule has 0 spiro atoms. The normalized spacial score (nSPS) is 13.1. The molecule has 194 valence electrons. The average molecular weight is 523 g/mol. The smallest absolute Gasteiger partial charge is 0.262 e. The van der Waals surface area contributed by atoms with Gasteiger partial charge in [-0.3, -0.25) is 9.63 Å². The molecule has 2 aromatic carbocycles. The zero-order valence-corrected chi connectivity index (χ0v) is 23.1. The third-order valence-electron chi connectivity index (χ3n) is 4.97. The third-order valence-corrected chi connectivity index (χ3v) is 7.92. The van der Waals surface area contributed by atoms with Crippen LogP contribution in [-0.2, 0) is 25.4 Å². The highest BCUT2D eigenvalue weighted by molar-refractivity contribution is 7.98. The number of ether oxygens (including phenoxy) is 1. The Morgan fingerprint density at radius 1 is 1.06 bits per heavy atom. The number of hydrogen-bond donors (Lipinski definition) is 1. The van der Waals surface area contributed by atoms with Gasteiger partial charge in [-0.05, 0) is 68.7 Å². The van der Waals surface area contributed by atoms with E-state index in [4.69, 9.17) is 9.57 Å². The van der Waals surface area contributed by atoms with Crippen LogP contribution in [-0.4, -0.2) is 49.7 Å². The molecule has 0 saturated carbocycles. The first-order valence-electron chi connectivity index (χ1n) is 11.7. The predicted octanol–water partition coefficient (Wildman–Crippen LogP) is 4.88. The highest BCUT2D eigenvalue weighted by Gasteiger charge is 2.36. The molecule has 0 aliphatic carbocycles. The minimum Gasteiger partial charge on any atom is -0.497 e. The van der Waals surface area contributed by atoms with Gasteiger partial charge in [0.25, 0.3) is 5.91 Å². The third kappa shape index (κ3) is 9.48. The van der Waals surface area contributed by atoms with Gasteiger partial charge >= 0.3 is 0 Å². The predicted molar refractivity (Wildman–Crippen MR) is 142 cm³/mol. The van der Waals surface area contributed by atoms with Gasteiger partial charge in [-0.1, -0.05) is 44.2 Å². The molecule has 9 heteroatoms. The van der Waals surface area contributed by atoms with Crippen LogP contribution >= 0.6 is 11.8 Å². The van der Waals surface area contributed by atoms with E-state index in [2.05, 4.69) is 5.48 Å².